The Balaban J connectivity index is 1.46. The fourth-order valence-electron chi connectivity index (χ4n) is 2.82. The van der Waals surface area contributed by atoms with Crippen molar-refractivity contribution < 1.29 is 14.4 Å². The van der Waals surface area contributed by atoms with Crippen LogP contribution < -0.4 is 10.6 Å². The summed E-state index contributed by atoms with van der Waals surface area (Å²) >= 11 is 1.38. The highest BCUT2D eigenvalue weighted by atomic mass is 32.1. The first kappa shape index (κ1) is 21.4. The third-order valence-corrected chi connectivity index (χ3v) is 5.46. The van der Waals surface area contributed by atoms with Gasteiger partial charge >= 0.3 is 0 Å². The molecule has 0 radical (unpaired) electrons. The molecule has 3 rings (SSSR count). The van der Waals surface area contributed by atoms with Crippen molar-refractivity contribution in [1.82, 2.24) is 10.3 Å². The summed E-state index contributed by atoms with van der Waals surface area (Å²) < 4.78 is 0. The molecule has 0 bridgehead atoms. The summed E-state index contributed by atoms with van der Waals surface area (Å²) in [7, 11) is 0. The Morgan fingerprint density at radius 3 is 2.33 bits per heavy atom. The molecular formula is C23H23N3O3S. The van der Waals surface area contributed by atoms with Crippen LogP contribution in [0.25, 0.3) is 10.4 Å². The number of Topliss-reactive ketones (excluding diaryl/α,β-unsaturated/α-hetero) is 1. The SMILES string of the molecule is Cc1ccc(-c2cnc(NC(=O)CCC(=O)NC(C)C(=O)c3ccccc3)s2)cc1. The molecule has 0 saturated heterocycles. The Hall–Kier alpha value is -3.32. The molecule has 1 heterocycles. The lowest BCUT2D eigenvalue weighted by Crippen LogP contribution is -2.38. The molecule has 0 aliphatic carbocycles. The number of ketones is 1. The number of hydrogen-bond donors (Lipinski definition) is 2. The number of amides is 2. The normalized spacial score (nSPS) is 11.5. The molecule has 2 N–H and O–H groups in total. The van der Waals surface area contributed by atoms with E-state index in [1.807, 2.05) is 37.3 Å². The van der Waals surface area contributed by atoms with Gasteiger partial charge in [0.05, 0.1) is 10.9 Å². The lowest BCUT2D eigenvalue weighted by Gasteiger charge is -2.12. The van der Waals surface area contributed by atoms with Gasteiger partial charge in [0, 0.05) is 24.6 Å². The first-order valence-electron chi connectivity index (χ1n) is 9.63. The second kappa shape index (κ2) is 9.93. The van der Waals surface area contributed by atoms with Crippen LogP contribution in [0.1, 0.15) is 35.7 Å². The fraction of sp³-hybridized carbons (Fsp3) is 0.217. The van der Waals surface area contributed by atoms with E-state index in [9.17, 15) is 14.4 Å². The number of anilines is 1. The van der Waals surface area contributed by atoms with Crippen LogP contribution in [0.4, 0.5) is 5.13 Å². The van der Waals surface area contributed by atoms with Gasteiger partial charge in [0.25, 0.3) is 0 Å². The summed E-state index contributed by atoms with van der Waals surface area (Å²) in [5.74, 6) is -0.807. The van der Waals surface area contributed by atoms with Gasteiger partial charge < -0.3 is 10.6 Å². The average molecular weight is 422 g/mol. The quantitative estimate of drug-likeness (QED) is 0.533. The molecule has 0 fully saturated rings. The molecule has 1 unspecified atom stereocenters. The van der Waals surface area contributed by atoms with Crippen molar-refractivity contribution in [3.63, 3.8) is 0 Å². The zero-order chi connectivity index (χ0) is 21.5. The van der Waals surface area contributed by atoms with E-state index >= 15 is 0 Å². The van der Waals surface area contributed by atoms with Crippen molar-refractivity contribution in [2.24, 2.45) is 0 Å². The second-order valence-corrected chi connectivity index (χ2v) is 7.99. The highest BCUT2D eigenvalue weighted by Crippen LogP contribution is 2.29. The molecule has 2 aromatic carbocycles. The average Bonchev–Trinajstić information content (AvgIpc) is 3.21. The largest absolute Gasteiger partial charge is 0.346 e. The maximum Gasteiger partial charge on any atom is 0.226 e. The van der Waals surface area contributed by atoms with Crippen LogP contribution in [-0.4, -0.2) is 28.6 Å². The van der Waals surface area contributed by atoms with Crippen molar-refractivity contribution in [2.75, 3.05) is 5.32 Å². The van der Waals surface area contributed by atoms with Gasteiger partial charge in [0.2, 0.25) is 11.8 Å². The molecule has 0 spiro atoms. The van der Waals surface area contributed by atoms with Gasteiger partial charge in [-0.15, -0.1) is 0 Å². The van der Waals surface area contributed by atoms with Gasteiger partial charge in [0.1, 0.15) is 0 Å². The van der Waals surface area contributed by atoms with E-state index < -0.39 is 6.04 Å². The van der Waals surface area contributed by atoms with Crippen LogP contribution in [0.5, 0.6) is 0 Å². The zero-order valence-corrected chi connectivity index (χ0v) is 17.7. The lowest BCUT2D eigenvalue weighted by atomic mass is 10.1. The smallest absolute Gasteiger partial charge is 0.226 e. The van der Waals surface area contributed by atoms with Crippen molar-refractivity contribution in [3.8, 4) is 10.4 Å². The van der Waals surface area contributed by atoms with Gasteiger partial charge in [-0.2, -0.15) is 0 Å². The molecule has 0 aliphatic heterocycles. The number of carbonyl (C=O) groups is 3. The van der Waals surface area contributed by atoms with E-state index in [0.29, 0.717) is 10.7 Å². The highest BCUT2D eigenvalue weighted by molar-refractivity contribution is 7.19. The van der Waals surface area contributed by atoms with Crippen molar-refractivity contribution >= 4 is 34.1 Å². The minimum atomic E-state index is -0.654. The fourth-order valence-corrected chi connectivity index (χ4v) is 3.66. The van der Waals surface area contributed by atoms with Crippen molar-refractivity contribution in [3.05, 3.63) is 71.9 Å². The Bertz CT molecular complexity index is 1030. The van der Waals surface area contributed by atoms with E-state index in [2.05, 4.69) is 15.6 Å². The van der Waals surface area contributed by atoms with E-state index in [1.54, 1.807) is 37.4 Å². The molecule has 0 aliphatic rings. The van der Waals surface area contributed by atoms with Gasteiger partial charge in [-0.3, -0.25) is 14.4 Å². The number of rotatable bonds is 8. The molecule has 154 valence electrons. The maximum absolute atomic E-state index is 12.3. The minimum absolute atomic E-state index is 0.00552. The molecule has 3 aromatic rings. The van der Waals surface area contributed by atoms with Crippen LogP contribution in [0.3, 0.4) is 0 Å². The van der Waals surface area contributed by atoms with Gasteiger partial charge in [-0.1, -0.05) is 71.5 Å². The number of hydrogen-bond acceptors (Lipinski definition) is 5. The summed E-state index contributed by atoms with van der Waals surface area (Å²) in [6.45, 7) is 3.66. The Morgan fingerprint density at radius 1 is 0.967 bits per heavy atom. The van der Waals surface area contributed by atoms with Crippen molar-refractivity contribution in [1.29, 1.82) is 0 Å². The van der Waals surface area contributed by atoms with E-state index in [1.165, 1.54) is 16.9 Å². The van der Waals surface area contributed by atoms with Crippen LogP contribution in [-0.2, 0) is 9.59 Å². The number of aryl methyl sites for hydroxylation is 1. The zero-order valence-electron chi connectivity index (χ0n) is 16.8. The number of carbonyl (C=O) groups excluding carboxylic acids is 3. The second-order valence-electron chi connectivity index (χ2n) is 6.96. The number of thiazole rings is 1. The minimum Gasteiger partial charge on any atom is -0.346 e. The molecular weight excluding hydrogens is 398 g/mol. The molecule has 30 heavy (non-hydrogen) atoms. The highest BCUT2D eigenvalue weighted by Gasteiger charge is 2.18. The predicted octanol–water partition coefficient (Wildman–Crippen LogP) is 4.22. The number of nitrogens with one attached hydrogen (secondary N) is 2. The number of aromatic nitrogens is 1. The van der Waals surface area contributed by atoms with Crippen LogP contribution >= 0.6 is 11.3 Å². The molecule has 6 nitrogen and oxygen atoms in total. The lowest BCUT2D eigenvalue weighted by molar-refractivity contribution is -0.124. The van der Waals surface area contributed by atoms with Crippen molar-refractivity contribution in [2.45, 2.75) is 32.7 Å². The summed E-state index contributed by atoms with van der Waals surface area (Å²) in [6.07, 6.45) is 1.72. The summed E-state index contributed by atoms with van der Waals surface area (Å²) in [6, 6.07) is 16.2. The van der Waals surface area contributed by atoms with Crippen LogP contribution in [0, 0.1) is 6.92 Å². The van der Waals surface area contributed by atoms with Crippen LogP contribution in [0.2, 0.25) is 0 Å². The van der Waals surface area contributed by atoms with Gasteiger partial charge in [-0.05, 0) is 19.4 Å². The van der Waals surface area contributed by atoms with E-state index in [0.717, 1.165) is 10.4 Å². The monoisotopic (exact) mass is 421 g/mol. The summed E-state index contributed by atoms with van der Waals surface area (Å²) in [5, 5.41) is 5.86. The molecule has 1 atom stereocenters. The van der Waals surface area contributed by atoms with E-state index in [4.69, 9.17) is 0 Å². The third-order valence-electron chi connectivity index (χ3n) is 4.50. The summed E-state index contributed by atoms with van der Waals surface area (Å²) in [5.41, 5.74) is 2.75. The van der Waals surface area contributed by atoms with Gasteiger partial charge in [-0.25, -0.2) is 4.98 Å². The Labute approximate surface area is 179 Å². The first-order chi connectivity index (χ1) is 14.4. The molecule has 0 saturated carbocycles. The molecule has 2 amide bonds. The topological polar surface area (TPSA) is 88.2 Å². The Kier molecular flexibility index (Phi) is 7.08. The molecule has 1 aromatic heterocycles. The Morgan fingerprint density at radius 2 is 1.63 bits per heavy atom. The van der Waals surface area contributed by atoms with Crippen LogP contribution in [0.15, 0.2) is 60.8 Å². The standard InChI is InChI=1S/C23H23N3O3S/c1-15-8-10-17(11-9-15)19-14-24-23(30-19)26-21(28)13-12-20(27)25-16(2)22(29)18-6-4-3-5-7-18/h3-11,14,16H,12-13H2,1-2H3,(H,25,27)(H,24,26,28). The predicted molar refractivity (Wildman–Crippen MR) is 119 cm³/mol. The maximum atomic E-state index is 12.3. The first-order valence-corrected chi connectivity index (χ1v) is 10.5. The molecule has 7 heteroatoms. The van der Waals surface area contributed by atoms with E-state index in [-0.39, 0.29) is 30.4 Å². The van der Waals surface area contributed by atoms with Gasteiger partial charge in [0.15, 0.2) is 10.9 Å². The number of nitrogens with zero attached hydrogens (tertiary/aromatic N) is 1. The number of benzene rings is 2. The summed E-state index contributed by atoms with van der Waals surface area (Å²) in [4.78, 5) is 41.7. The third kappa shape index (κ3) is 5.84.